The van der Waals surface area contributed by atoms with Crippen molar-refractivity contribution < 1.29 is 31.1 Å². The highest BCUT2D eigenvalue weighted by molar-refractivity contribution is 5.75. The average Bonchev–Trinajstić information content (AvgIpc) is 3.28. The van der Waals surface area contributed by atoms with Crippen molar-refractivity contribution in [3.8, 4) is 22.8 Å². The maximum Gasteiger partial charge on any atom is 0.419 e. The van der Waals surface area contributed by atoms with Gasteiger partial charge in [0.15, 0.2) is 17.4 Å². The Morgan fingerprint density at radius 2 is 1.79 bits per heavy atom. The minimum atomic E-state index is -4.60. The number of aromatic amines is 1. The predicted molar refractivity (Wildman–Crippen MR) is 108 cm³/mol. The van der Waals surface area contributed by atoms with Crippen molar-refractivity contribution in [2.45, 2.75) is 26.6 Å². The van der Waals surface area contributed by atoms with Gasteiger partial charge >= 0.3 is 12.8 Å². The first-order valence-electron chi connectivity index (χ1n) is 9.56. The molecule has 0 saturated heterocycles. The van der Waals surface area contributed by atoms with Crippen molar-refractivity contribution in [3.63, 3.8) is 0 Å². The van der Waals surface area contributed by atoms with E-state index >= 15 is 0 Å². The lowest BCUT2D eigenvalue weighted by Crippen LogP contribution is -2.09. The molecule has 0 amide bonds. The first kappa shape index (κ1) is 23.1. The Kier molecular flexibility index (Phi) is 5.89. The lowest BCUT2D eigenvalue weighted by atomic mass is 10.1. The molecule has 0 fully saturated rings. The van der Waals surface area contributed by atoms with Crippen molar-refractivity contribution >= 4 is 11.6 Å². The van der Waals surface area contributed by atoms with Gasteiger partial charge in [0, 0.05) is 11.6 Å². The van der Waals surface area contributed by atoms with Crippen LogP contribution >= 0.6 is 0 Å². The number of aryl methyl sites for hydroxylation is 1. The number of hydrogen-bond donors (Lipinski definition) is 2. The van der Waals surface area contributed by atoms with Gasteiger partial charge in [-0.3, -0.25) is 5.10 Å². The molecule has 0 atom stereocenters. The van der Waals surface area contributed by atoms with E-state index in [4.69, 9.17) is 0 Å². The van der Waals surface area contributed by atoms with Crippen LogP contribution in [-0.4, -0.2) is 36.6 Å². The van der Waals surface area contributed by atoms with Gasteiger partial charge in [-0.25, -0.2) is 19.0 Å². The van der Waals surface area contributed by atoms with E-state index in [1.54, 1.807) is 0 Å². The molecular weight excluding hydrogens is 468 g/mol. The first-order chi connectivity index (χ1) is 16.0. The summed E-state index contributed by atoms with van der Waals surface area (Å²) in [7, 11) is 0. The van der Waals surface area contributed by atoms with Crippen molar-refractivity contribution in [2.75, 3.05) is 5.32 Å². The number of hydrogen-bond acceptors (Lipinski definition) is 6. The summed E-state index contributed by atoms with van der Waals surface area (Å²) in [4.78, 5) is 7.90. The van der Waals surface area contributed by atoms with Gasteiger partial charge in [0.2, 0.25) is 0 Å². The normalized spacial score (nSPS) is 11.8. The van der Waals surface area contributed by atoms with Gasteiger partial charge in [0.05, 0.1) is 17.0 Å². The number of ether oxygens (including phenoxy) is 1. The number of aromatic nitrogens is 6. The zero-order valence-electron chi connectivity index (χ0n) is 17.5. The van der Waals surface area contributed by atoms with E-state index in [0.717, 1.165) is 23.1 Å². The van der Waals surface area contributed by atoms with Crippen molar-refractivity contribution in [1.82, 2.24) is 29.9 Å². The molecule has 0 saturated carbocycles. The Hall–Kier alpha value is -4.10. The van der Waals surface area contributed by atoms with Gasteiger partial charge in [-0.15, -0.1) is 0 Å². The van der Waals surface area contributed by atoms with Crippen LogP contribution in [0.3, 0.4) is 0 Å². The minimum absolute atomic E-state index is 0.000721. The van der Waals surface area contributed by atoms with Crippen molar-refractivity contribution in [1.29, 1.82) is 0 Å². The highest BCUT2D eigenvalue weighted by atomic mass is 19.4. The van der Waals surface area contributed by atoms with Gasteiger partial charge in [-0.2, -0.15) is 32.1 Å². The molecule has 34 heavy (non-hydrogen) atoms. The summed E-state index contributed by atoms with van der Waals surface area (Å²) < 4.78 is 84.9. The third-order valence-electron chi connectivity index (χ3n) is 4.75. The Bertz CT molecular complexity index is 1310. The maximum atomic E-state index is 13.3. The second-order valence-corrected chi connectivity index (χ2v) is 7.00. The molecule has 4 aromatic rings. The van der Waals surface area contributed by atoms with E-state index in [0.29, 0.717) is 5.56 Å². The van der Waals surface area contributed by atoms with Crippen LogP contribution in [-0.2, 0) is 6.18 Å². The van der Waals surface area contributed by atoms with Gasteiger partial charge in [-0.05, 0) is 38.1 Å². The fourth-order valence-corrected chi connectivity index (χ4v) is 3.36. The molecule has 0 spiro atoms. The molecule has 3 aromatic heterocycles. The van der Waals surface area contributed by atoms with Crippen molar-refractivity contribution in [2.24, 2.45) is 0 Å². The highest BCUT2D eigenvalue weighted by Gasteiger charge is 2.37. The first-order valence-corrected chi connectivity index (χ1v) is 9.56. The second-order valence-electron chi connectivity index (χ2n) is 7.00. The van der Waals surface area contributed by atoms with Crippen LogP contribution in [0.25, 0.3) is 17.1 Å². The molecule has 1 aromatic carbocycles. The molecule has 0 aliphatic heterocycles. The number of anilines is 2. The van der Waals surface area contributed by atoms with Crippen LogP contribution in [0, 0.1) is 19.7 Å². The van der Waals surface area contributed by atoms with Gasteiger partial charge in [0.25, 0.3) is 0 Å². The van der Waals surface area contributed by atoms with Crippen LogP contribution in [0.2, 0.25) is 0 Å². The van der Waals surface area contributed by atoms with E-state index in [2.05, 4.69) is 35.3 Å². The maximum absolute atomic E-state index is 13.3. The predicted octanol–water partition coefficient (Wildman–Crippen LogP) is 5.17. The monoisotopic (exact) mass is 483 g/mol. The molecule has 8 nitrogen and oxygen atoms in total. The molecular formula is C20H15F6N7O. The van der Waals surface area contributed by atoms with E-state index in [-0.39, 0.29) is 40.3 Å². The van der Waals surface area contributed by atoms with Gasteiger partial charge in [-0.1, -0.05) is 0 Å². The molecule has 2 N–H and O–H groups in total. The Morgan fingerprint density at radius 3 is 2.41 bits per heavy atom. The summed E-state index contributed by atoms with van der Waals surface area (Å²) in [5, 5.41) is 13.0. The Balaban J connectivity index is 1.70. The summed E-state index contributed by atoms with van der Waals surface area (Å²) in [5.74, 6) is -1.06. The summed E-state index contributed by atoms with van der Waals surface area (Å²) in [5.41, 5.74) is -0.935. The van der Waals surface area contributed by atoms with E-state index < -0.39 is 24.2 Å². The molecule has 0 radical (unpaired) electrons. The standard InChI is InChI=1S/C20H15F6N7O/c1-9-15(20(24,25)26)10(2)33(32-9)14-7-13(27-8-28-14)29-18-17(34-19(22)23)16(30-31-18)11-3-5-12(21)6-4-11/h3-8,19H,1-2H3,(H2,27,28,29,30,31). The molecule has 0 aliphatic carbocycles. The van der Waals surface area contributed by atoms with Crippen LogP contribution < -0.4 is 10.1 Å². The third kappa shape index (κ3) is 4.51. The number of nitrogens with one attached hydrogen (secondary N) is 2. The number of halogens is 6. The van der Waals surface area contributed by atoms with E-state index in [1.165, 1.54) is 32.0 Å². The topological polar surface area (TPSA) is 93.5 Å². The molecule has 3 heterocycles. The van der Waals surface area contributed by atoms with Crippen molar-refractivity contribution in [3.05, 3.63) is 59.4 Å². The molecule has 14 heteroatoms. The summed E-state index contributed by atoms with van der Waals surface area (Å²) >= 11 is 0. The van der Waals surface area contributed by atoms with Crippen LogP contribution in [0.15, 0.2) is 36.7 Å². The molecule has 0 unspecified atom stereocenters. The lowest BCUT2D eigenvalue weighted by Gasteiger charge is -2.10. The van der Waals surface area contributed by atoms with Crippen LogP contribution in [0.1, 0.15) is 17.0 Å². The molecule has 0 aliphatic rings. The smallest absolute Gasteiger partial charge is 0.419 e. The fourth-order valence-electron chi connectivity index (χ4n) is 3.36. The average molecular weight is 483 g/mol. The summed E-state index contributed by atoms with van der Waals surface area (Å²) in [6, 6.07) is 6.22. The van der Waals surface area contributed by atoms with Crippen LogP contribution in [0.4, 0.5) is 38.0 Å². The molecule has 4 rings (SSSR count). The Labute approximate surface area is 187 Å². The number of nitrogens with zero attached hydrogens (tertiary/aromatic N) is 5. The third-order valence-corrected chi connectivity index (χ3v) is 4.75. The minimum Gasteiger partial charge on any atom is -0.428 e. The quantitative estimate of drug-likeness (QED) is 0.368. The SMILES string of the molecule is Cc1nn(-c2cc(Nc3n[nH]c(-c4ccc(F)cc4)c3OC(F)F)ncn2)c(C)c1C(F)(F)F. The van der Waals surface area contributed by atoms with E-state index in [9.17, 15) is 26.3 Å². The highest BCUT2D eigenvalue weighted by Crippen LogP contribution is 2.37. The summed E-state index contributed by atoms with van der Waals surface area (Å²) in [6.45, 7) is -0.731. The fraction of sp³-hybridized carbons (Fsp3) is 0.200. The number of alkyl halides is 5. The number of rotatable bonds is 6. The van der Waals surface area contributed by atoms with Gasteiger partial charge < -0.3 is 10.1 Å². The number of H-pyrrole nitrogens is 1. The largest absolute Gasteiger partial charge is 0.428 e. The molecule has 178 valence electrons. The second kappa shape index (κ2) is 8.68. The zero-order chi connectivity index (χ0) is 24.6. The summed E-state index contributed by atoms with van der Waals surface area (Å²) in [6.07, 6.45) is -3.55. The number of benzene rings is 1. The lowest BCUT2D eigenvalue weighted by molar-refractivity contribution is -0.138. The van der Waals surface area contributed by atoms with Crippen LogP contribution in [0.5, 0.6) is 5.75 Å². The molecule has 0 bridgehead atoms. The van der Waals surface area contributed by atoms with E-state index in [1.807, 2.05) is 0 Å². The zero-order valence-corrected chi connectivity index (χ0v) is 17.5. The van der Waals surface area contributed by atoms with Gasteiger partial charge in [0.1, 0.15) is 23.7 Å². The Morgan fingerprint density at radius 1 is 1.09 bits per heavy atom.